The second-order valence-corrected chi connectivity index (χ2v) is 5.81. The van der Waals surface area contributed by atoms with Crippen LogP contribution in [0.2, 0.25) is 0 Å². The summed E-state index contributed by atoms with van der Waals surface area (Å²) in [5.74, 6) is 1.70. The van der Waals surface area contributed by atoms with Crippen molar-refractivity contribution in [3.05, 3.63) is 0 Å². The Hall–Kier alpha value is -0.0400. The Labute approximate surface area is 133 Å². The minimum absolute atomic E-state index is 0. The molecule has 4 nitrogen and oxygen atoms in total. The third-order valence-electron chi connectivity index (χ3n) is 4.99. The number of rotatable bonds is 3. The maximum atomic E-state index is 5.94. The normalized spacial score (nSPS) is 34.8. The van der Waals surface area contributed by atoms with Crippen LogP contribution in [0.5, 0.6) is 0 Å². The van der Waals surface area contributed by atoms with Crippen LogP contribution in [0, 0.1) is 11.3 Å². The van der Waals surface area contributed by atoms with E-state index in [1.54, 1.807) is 0 Å². The summed E-state index contributed by atoms with van der Waals surface area (Å²) in [5.41, 5.74) is 0.436. The van der Waals surface area contributed by atoms with Gasteiger partial charge in [0.2, 0.25) is 0 Å². The zero-order valence-electron chi connectivity index (χ0n) is 11.9. The molecule has 3 unspecified atom stereocenters. The maximum absolute atomic E-state index is 5.94. The van der Waals surface area contributed by atoms with Crippen molar-refractivity contribution in [2.45, 2.75) is 51.7 Å². The quantitative estimate of drug-likeness (QED) is 0.449. The molecule has 0 aromatic heterocycles. The van der Waals surface area contributed by atoms with Gasteiger partial charge in [-0.2, -0.15) is 0 Å². The molecule has 3 rings (SSSR count). The highest BCUT2D eigenvalue weighted by molar-refractivity contribution is 14.0. The Morgan fingerprint density at radius 1 is 1.37 bits per heavy atom. The molecule has 0 amide bonds. The van der Waals surface area contributed by atoms with Crippen molar-refractivity contribution in [3.63, 3.8) is 0 Å². The highest BCUT2D eigenvalue weighted by atomic mass is 127. The number of aliphatic imine (C=N–C) groups is 1. The van der Waals surface area contributed by atoms with Crippen LogP contribution in [0.15, 0.2) is 4.99 Å². The maximum Gasteiger partial charge on any atom is 0.191 e. The summed E-state index contributed by atoms with van der Waals surface area (Å²) in [6, 6.07) is 0.586. The molecule has 1 aliphatic heterocycles. The number of nitrogens with one attached hydrogen (secondary N) is 2. The lowest BCUT2D eigenvalue weighted by Crippen LogP contribution is -2.72. The van der Waals surface area contributed by atoms with Gasteiger partial charge in [0, 0.05) is 37.1 Å². The number of guanidine groups is 1. The molecule has 1 heterocycles. The summed E-state index contributed by atoms with van der Waals surface area (Å²) in [7, 11) is 0. The summed E-state index contributed by atoms with van der Waals surface area (Å²) in [5, 5.41) is 7.02. The van der Waals surface area contributed by atoms with Gasteiger partial charge in [-0.05, 0) is 33.1 Å². The Morgan fingerprint density at radius 2 is 2.16 bits per heavy atom. The molecule has 2 aliphatic carbocycles. The average molecular weight is 379 g/mol. The molecule has 19 heavy (non-hydrogen) atoms. The number of hydrogen-bond acceptors (Lipinski definition) is 2. The van der Waals surface area contributed by atoms with Crippen LogP contribution in [-0.2, 0) is 4.74 Å². The van der Waals surface area contributed by atoms with Gasteiger partial charge in [-0.3, -0.25) is 4.99 Å². The van der Waals surface area contributed by atoms with Crippen molar-refractivity contribution in [1.82, 2.24) is 10.6 Å². The molecule has 2 N–H and O–H groups in total. The second kappa shape index (κ2) is 6.16. The van der Waals surface area contributed by atoms with Crippen LogP contribution < -0.4 is 10.6 Å². The van der Waals surface area contributed by atoms with E-state index < -0.39 is 0 Å². The van der Waals surface area contributed by atoms with E-state index >= 15 is 0 Å². The lowest BCUT2D eigenvalue weighted by Gasteiger charge is -2.63. The van der Waals surface area contributed by atoms with E-state index in [1.165, 1.54) is 25.7 Å². The standard InChI is InChI=1S/C14H25N3O.HI/c1-3-15-13(16-4-2)17-11-10-6-9-18-12(10)14(11)7-5-8-14;/h10-12H,3-9H2,1-2H3,(H2,15,16,17);1H. The van der Waals surface area contributed by atoms with Gasteiger partial charge in [0.05, 0.1) is 6.10 Å². The molecular weight excluding hydrogens is 353 g/mol. The molecule has 110 valence electrons. The first-order chi connectivity index (χ1) is 8.81. The van der Waals surface area contributed by atoms with Crippen molar-refractivity contribution >= 4 is 29.9 Å². The number of fused-ring (bicyclic) bond motifs is 2. The molecule has 1 spiro atoms. The topological polar surface area (TPSA) is 45.7 Å². The van der Waals surface area contributed by atoms with Gasteiger partial charge in [0.25, 0.3) is 0 Å². The zero-order valence-corrected chi connectivity index (χ0v) is 14.3. The lowest BCUT2D eigenvalue weighted by molar-refractivity contribution is -0.171. The molecular formula is C14H26IN3O. The Bertz CT molecular complexity index is 344. The van der Waals surface area contributed by atoms with Crippen LogP contribution in [0.3, 0.4) is 0 Å². The van der Waals surface area contributed by atoms with Gasteiger partial charge in [-0.25, -0.2) is 0 Å². The van der Waals surface area contributed by atoms with Crippen LogP contribution in [0.25, 0.3) is 0 Å². The van der Waals surface area contributed by atoms with Crippen molar-refractivity contribution in [3.8, 4) is 0 Å². The van der Waals surface area contributed by atoms with E-state index in [0.717, 1.165) is 25.7 Å². The van der Waals surface area contributed by atoms with E-state index in [2.05, 4.69) is 29.5 Å². The van der Waals surface area contributed by atoms with Gasteiger partial charge < -0.3 is 15.4 Å². The fourth-order valence-corrected chi connectivity index (χ4v) is 4.08. The first-order valence-corrected chi connectivity index (χ1v) is 7.48. The fourth-order valence-electron chi connectivity index (χ4n) is 4.08. The highest BCUT2D eigenvalue weighted by Crippen LogP contribution is 2.62. The number of halogens is 1. The molecule has 0 radical (unpaired) electrons. The largest absolute Gasteiger partial charge is 0.377 e. The fraction of sp³-hybridized carbons (Fsp3) is 0.929. The summed E-state index contributed by atoms with van der Waals surface area (Å²) in [6.45, 7) is 6.92. The third-order valence-corrected chi connectivity index (χ3v) is 4.99. The minimum atomic E-state index is 0. The summed E-state index contributed by atoms with van der Waals surface area (Å²) in [4.78, 5) is 4.53. The zero-order chi connectivity index (χ0) is 12.6. The first kappa shape index (κ1) is 15.4. The first-order valence-electron chi connectivity index (χ1n) is 7.48. The minimum Gasteiger partial charge on any atom is -0.377 e. The predicted molar refractivity (Wildman–Crippen MR) is 88.1 cm³/mol. The Balaban J connectivity index is 0.00000133. The van der Waals surface area contributed by atoms with Gasteiger partial charge in [0.1, 0.15) is 0 Å². The van der Waals surface area contributed by atoms with Gasteiger partial charge in [-0.1, -0.05) is 6.42 Å². The van der Waals surface area contributed by atoms with Crippen molar-refractivity contribution in [1.29, 1.82) is 0 Å². The van der Waals surface area contributed by atoms with Crippen molar-refractivity contribution in [2.24, 2.45) is 16.3 Å². The molecule has 1 saturated heterocycles. The average Bonchev–Trinajstić information content (AvgIpc) is 2.69. The van der Waals surface area contributed by atoms with E-state index in [4.69, 9.17) is 4.74 Å². The molecule has 0 aromatic carbocycles. The smallest absolute Gasteiger partial charge is 0.191 e. The molecule has 2 saturated carbocycles. The van der Waals surface area contributed by atoms with Crippen LogP contribution >= 0.6 is 24.0 Å². The van der Waals surface area contributed by atoms with Crippen LogP contribution in [-0.4, -0.2) is 37.8 Å². The van der Waals surface area contributed by atoms with Crippen molar-refractivity contribution in [2.75, 3.05) is 19.7 Å². The Kier molecular flexibility index (Phi) is 4.98. The van der Waals surface area contributed by atoms with Gasteiger partial charge >= 0.3 is 0 Å². The molecule has 3 aliphatic rings. The summed E-state index contributed by atoms with van der Waals surface area (Å²) < 4.78 is 5.94. The SMILES string of the molecule is CCN=C(NCC)NC1C2CCOC2C12CCC2.I. The number of nitrogens with zero attached hydrogens (tertiary/aromatic N) is 1. The number of ether oxygens (including phenoxy) is 1. The molecule has 3 fully saturated rings. The van der Waals surface area contributed by atoms with Gasteiger partial charge in [0.15, 0.2) is 5.96 Å². The Morgan fingerprint density at radius 3 is 2.74 bits per heavy atom. The molecule has 0 bridgehead atoms. The van der Waals surface area contributed by atoms with E-state index in [-0.39, 0.29) is 24.0 Å². The van der Waals surface area contributed by atoms with E-state index in [1.807, 2.05) is 0 Å². The summed E-state index contributed by atoms with van der Waals surface area (Å²) >= 11 is 0. The molecule has 3 atom stereocenters. The van der Waals surface area contributed by atoms with E-state index in [9.17, 15) is 0 Å². The highest BCUT2D eigenvalue weighted by Gasteiger charge is 2.66. The van der Waals surface area contributed by atoms with Gasteiger partial charge in [-0.15, -0.1) is 24.0 Å². The van der Waals surface area contributed by atoms with Crippen LogP contribution in [0.4, 0.5) is 0 Å². The van der Waals surface area contributed by atoms with Crippen molar-refractivity contribution < 1.29 is 4.74 Å². The lowest BCUT2D eigenvalue weighted by atomic mass is 9.46. The molecule has 0 aromatic rings. The van der Waals surface area contributed by atoms with Crippen LogP contribution in [0.1, 0.15) is 39.5 Å². The monoisotopic (exact) mass is 379 g/mol. The third kappa shape index (κ3) is 2.37. The number of hydrogen-bond donors (Lipinski definition) is 2. The van der Waals surface area contributed by atoms with E-state index in [0.29, 0.717) is 23.5 Å². The predicted octanol–water partition coefficient (Wildman–Crippen LogP) is 2.14. The summed E-state index contributed by atoms with van der Waals surface area (Å²) in [6.07, 6.45) is 5.78. The second-order valence-electron chi connectivity index (χ2n) is 5.81. The molecule has 5 heteroatoms.